The molecule has 0 heterocycles. The minimum atomic E-state index is -0.180. The van der Waals surface area contributed by atoms with Crippen molar-refractivity contribution in [2.24, 2.45) is 0 Å². The molecule has 1 aromatic rings. The number of nitrogens with two attached hydrogens (primary N) is 1. The Hall–Kier alpha value is -1.55. The fraction of sp³-hybridized carbons (Fsp3) is 0.533. The van der Waals surface area contributed by atoms with Gasteiger partial charge in [-0.1, -0.05) is 25.0 Å². The number of unbranched alkanes of at least 4 members (excludes halogenated alkanes) is 3. The molecule has 0 spiro atoms. The van der Waals surface area contributed by atoms with Crippen LogP contribution in [0.25, 0.3) is 0 Å². The first-order chi connectivity index (χ1) is 9.15. The van der Waals surface area contributed by atoms with E-state index in [4.69, 9.17) is 10.8 Å². The number of nitrogen functional groups attached to an aromatic ring is 1. The lowest BCUT2D eigenvalue weighted by atomic mass is 10.00. The molecule has 0 radical (unpaired) electrons. The van der Waals surface area contributed by atoms with Crippen molar-refractivity contribution >= 4 is 11.6 Å². The van der Waals surface area contributed by atoms with Gasteiger partial charge in [-0.15, -0.1) is 0 Å². The molecule has 106 valence electrons. The van der Waals surface area contributed by atoms with Gasteiger partial charge in [0, 0.05) is 18.8 Å². The van der Waals surface area contributed by atoms with Crippen LogP contribution in [-0.4, -0.2) is 24.2 Å². The van der Waals surface area contributed by atoms with E-state index < -0.39 is 0 Å². The number of aliphatic hydroxyl groups excluding tert-OH is 1. The van der Waals surface area contributed by atoms with Gasteiger partial charge >= 0.3 is 0 Å². The van der Waals surface area contributed by atoms with Gasteiger partial charge in [0.25, 0.3) is 0 Å². The third kappa shape index (κ3) is 5.75. The van der Waals surface area contributed by atoms with Crippen LogP contribution in [0.1, 0.15) is 44.1 Å². The average molecular weight is 264 g/mol. The van der Waals surface area contributed by atoms with Gasteiger partial charge in [-0.2, -0.15) is 0 Å². The number of carbonyl (C=O) groups excluding carboxylic acids is 1. The van der Waals surface area contributed by atoms with Crippen LogP contribution >= 0.6 is 0 Å². The monoisotopic (exact) mass is 264 g/mol. The lowest BCUT2D eigenvalue weighted by molar-refractivity contribution is -0.122. The predicted molar refractivity (Wildman–Crippen MR) is 77.8 cm³/mol. The fourth-order valence-electron chi connectivity index (χ4n) is 1.93. The zero-order valence-electron chi connectivity index (χ0n) is 11.6. The summed E-state index contributed by atoms with van der Waals surface area (Å²) in [6.07, 6.45) is 3.84. The molecule has 19 heavy (non-hydrogen) atoms. The molecule has 0 aromatic heterocycles. The Morgan fingerprint density at radius 1 is 1.32 bits per heavy atom. The quantitative estimate of drug-likeness (QED) is 0.497. The van der Waals surface area contributed by atoms with E-state index >= 15 is 0 Å². The number of amides is 1. The van der Waals surface area contributed by atoms with Crippen LogP contribution in [0.3, 0.4) is 0 Å². The summed E-state index contributed by atoms with van der Waals surface area (Å²) in [4.78, 5) is 12.0. The van der Waals surface area contributed by atoms with Gasteiger partial charge in [0.2, 0.25) is 5.91 Å². The molecule has 1 amide bonds. The largest absolute Gasteiger partial charge is 0.399 e. The highest BCUT2D eigenvalue weighted by Crippen LogP contribution is 2.17. The second-order valence-corrected chi connectivity index (χ2v) is 4.82. The van der Waals surface area contributed by atoms with E-state index in [1.807, 2.05) is 31.2 Å². The van der Waals surface area contributed by atoms with Gasteiger partial charge in [-0.3, -0.25) is 4.79 Å². The van der Waals surface area contributed by atoms with Crippen molar-refractivity contribution in [3.8, 4) is 0 Å². The molecule has 1 unspecified atom stereocenters. The van der Waals surface area contributed by atoms with Crippen molar-refractivity contribution < 1.29 is 9.90 Å². The van der Waals surface area contributed by atoms with Gasteiger partial charge in [-0.05, 0) is 37.5 Å². The molecule has 0 bridgehead atoms. The molecule has 0 aliphatic rings. The number of hydrogen-bond acceptors (Lipinski definition) is 3. The van der Waals surface area contributed by atoms with Gasteiger partial charge in [0.05, 0.1) is 5.92 Å². The lowest BCUT2D eigenvalue weighted by Crippen LogP contribution is -2.28. The normalized spacial score (nSPS) is 12.1. The van der Waals surface area contributed by atoms with E-state index in [2.05, 4.69) is 5.32 Å². The number of nitrogens with one attached hydrogen (secondary N) is 1. The molecular formula is C15H24N2O2. The first-order valence-electron chi connectivity index (χ1n) is 6.89. The highest BCUT2D eigenvalue weighted by atomic mass is 16.2. The van der Waals surface area contributed by atoms with E-state index in [9.17, 15) is 4.79 Å². The fourth-order valence-corrected chi connectivity index (χ4v) is 1.93. The van der Waals surface area contributed by atoms with Crippen LogP contribution < -0.4 is 11.1 Å². The Bertz CT molecular complexity index is 393. The maximum atomic E-state index is 12.0. The summed E-state index contributed by atoms with van der Waals surface area (Å²) in [7, 11) is 0. The molecule has 0 saturated heterocycles. The predicted octanol–water partition coefficient (Wildman–Crippen LogP) is 2.04. The van der Waals surface area contributed by atoms with E-state index in [1.165, 1.54) is 0 Å². The number of benzene rings is 1. The van der Waals surface area contributed by atoms with E-state index in [0.717, 1.165) is 31.2 Å². The van der Waals surface area contributed by atoms with Gasteiger partial charge in [0.15, 0.2) is 0 Å². The Morgan fingerprint density at radius 3 is 2.74 bits per heavy atom. The van der Waals surface area contributed by atoms with Crippen LogP contribution in [0.15, 0.2) is 24.3 Å². The van der Waals surface area contributed by atoms with Crippen molar-refractivity contribution in [3.63, 3.8) is 0 Å². The summed E-state index contributed by atoms with van der Waals surface area (Å²) in [5, 5.41) is 11.6. The van der Waals surface area contributed by atoms with Gasteiger partial charge in [-0.25, -0.2) is 0 Å². The van der Waals surface area contributed by atoms with Crippen LogP contribution in [0.4, 0.5) is 5.69 Å². The Balaban J connectivity index is 2.29. The Morgan fingerprint density at radius 2 is 2.05 bits per heavy atom. The molecule has 1 rings (SSSR count). The number of carbonyl (C=O) groups is 1. The number of rotatable bonds is 8. The summed E-state index contributed by atoms with van der Waals surface area (Å²) in [6.45, 7) is 2.83. The maximum Gasteiger partial charge on any atom is 0.227 e. The summed E-state index contributed by atoms with van der Waals surface area (Å²) < 4.78 is 0. The minimum Gasteiger partial charge on any atom is -0.399 e. The molecule has 0 aliphatic heterocycles. The summed E-state index contributed by atoms with van der Waals surface area (Å²) in [5.41, 5.74) is 7.34. The van der Waals surface area contributed by atoms with Crippen LogP contribution in [-0.2, 0) is 4.79 Å². The first kappa shape index (κ1) is 15.5. The second-order valence-electron chi connectivity index (χ2n) is 4.82. The number of anilines is 1. The highest BCUT2D eigenvalue weighted by Gasteiger charge is 2.14. The summed E-state index contributed by atoms with van der Waals surface area (Å²) in [6, 6.07) is 7.44. The minimum absolute atomic E-state index is 0.0350. The molecule has 1 aromatic carbocycles. The SMILES string of the molecule is CC(C(=O)NCCCCCCO)c1cccc(N)c1. The molecule has 4 heteroatoms. The smallest absolute Gasteiger partial charge is 0.227 e. The van der Waals surface area contributed by atoms with Crippen molar-refractivity contribution in [2.75, 3.05) is 18.9 Å². The number of hydrogen-bond donors (Lipinski definition) is 3. The number of aliphatic hydroxyl groups is 1. The van der Waals surface area contributed by atoms with E-state index in [1.54, 1.807) is 0 Å². The summed E-state index contributed by atoms with van der Waals surface area (Å²) in [5.74, 6) is -0.145. The van der Waals surface area contributed by atoms with E-state index in [0.29, 0.717) is 12.2 Å². The van der Waals surface area contributed by atoms with Crippen molar-refractivity contribution in [2.45, 2.75) is 38.5 Å². The molecule has 4 N–H and O–H groups in total. The molecular weight excluding hydrogens is 240 g/mol. The zero-order chi connectivity index (χ0) is 14.1. The maximum absolute atomic E-state index is 12.0. The highest BCUT2D eigenvalue weighted by molar-refractivity contribution is 5.83. The molecule has 4 nitrogen and oxygen atoms in total. The van der Waals surface area contributed by atoms with Crippen LogP contribution in [0, 0.1) is 0 Å². The van der Waals surface area contributed by atoms with Crippen molar-refractivity contribution in [1.29, 1.82) is 0 Å². The van der Waals surface area contributed by atoms with Gasteiger partial charge < -0.3 is 16.2 Å². The second kappa shape index (κ2) is 8.53. The standard InChI is InChI=1S/C15H24N2O2/c1-12(13-7-6-8-14(16)11-13)15(19)17-9-4-2-3-5-10-18/h6-8,11-12,18H,2-5,9-10,16H2,1H3,(H,17,19). The Labute approximate surface area is 115 Å². The zero-order valence-corrected chi connectivity index (χ0v) is 11.6. The molecule has 0 aliphatic carbocycles. The molecule has 1 atom stereocenters. The molecule has 0 fully saturated rings. The van der Waals surface area contributed by atoms with Crippen LogP contribution in [0.5, 0.6) is 0 Å². The lowest BCUT2D eigenvalue weighted by Gasteiger charge is -2.13. The van der Waals surface area contributed by atoms with Crippen molar-refractivity contribution in [1.82, 2.24) is 5.32 Å². The third-order valence-corrected chi connectivity index (χ3v) is 3.19. The topological polar surface area (TPSA) is 75.3 Å². The van der Waals surface area contributed by atoms with Gasteiger partial charge in [0.1, 0.15) is 0 Å². The average Bonchev–Trinajstić information content (AvgIpc) is 2.41. The molecule has 0 saturated carbocycles. The summed E-state index contributed by atoms with van der Waals surface area (Å²) >= 11 is 0. The van der Waals surface area contributed by atoms with Crippen LogP contribution in [0.2, 0.25) is 0 Å². The van der Waals surface area contributed by atoms with E-state index in [-0.39, 0.29) is 18.4 Å². The first-order valence-corrected chi connectivity index (χ1v) is 6.89. The Kier molecular flexibility index (Phi) is 6.97. The van der Waals surface area contributed by atoms with Crippen molar-refractivity contribution in [3.05, 3.63) is 29.8 Å². The third-order valence-electron chi connectivity index (χ3n) is 3.19.